The molecule has 1 aromatic rings. The number of alkyl halides is 3. The van der Waals surface area contributed by atoms with Gasteiger partial charge < -0.3 is 4.74 Å². The number of halogens is 3. The molecule has 4 atom stereocenters. The van der Waals surface area contributed by atoms with E-state index in [-0.39, 0.29) is 5.69 Å². The van der Waals surface area contributed by atoms with Gasteiger partial charge in [-0.3, -0.25) is 9.59 Å². The Bertz CT molecular complexity index is 757. The molecular weight excluding hydrogens is 311 g/mol. The first-order chi connectivity index (χ1) is 10.7. The van der Waals surface area contributed by atoms with E-state index in [4.69, 9.17) is 4.74 Å². The zero-order chi connectivity index (χ0) is 16.6. The van der Waals surface area contributed by atoms with Crippen LogP contribution < -0.4 is 4.90 Å². The number of carbonyl (C=O) groups is 2. The van der Waals surface area contributed by atoms with Crippen LogP contribution in [0.15, 0.2) is 36.4 Å². The normalized spacial score (nSPS) is 35.3. The molecule has 0 radical (unpaired) electrons. The first-order valence-electron chi connectivity index (χ1n) is 7.15. The van der Waals surface area contributed by atoms with Crippen LogP contribution in [0.5, 0.6) is 0 Å². The molecule has 0 saturated carbocycles. The Kier molecular flexibility index (Phi) is 2.65. The molecule has 2 saturated heterocycles. The van der Waals surface area contributed by atoms with Crippen molar-refractivity contribution in [1.29, 1.82) is 0 Å². The third-order valence-electron chi connectivity index (χ3n) is 4.76. The van der Waals surface area contributed by atoms with Crippen molar-refractivity contribution in [3.63, 3.8) is 0 Å². The summed E-state index contributed by atoms with van der Waals surface area (Å²) in [5.41, 5.74) is -1.80. The zero-order valence-electron chi connectivity index (χ0n) is 12.0. The Labute approximate surface area is 129 Å². The van der Waals surface area contributed by atoms with Crippen molar-refractivity contribution >= 4 is 17.5 Å². The summed E-state index contributed by atoms with van der Waals surface area (Å²) >= 11 is 0. The number of ether oxygens (including phenoxy) is 1. The van der Waals surface area contributed by atoms with Crippen LogP contribution >= 0.6 is 0 Å². The van der Waals surface area contributed by atoms with Gasteiger partial charge in [-0.05, 0) is 25.1 Å². The van der Waals surface area contributed by atoms with Gasteiger partial charge in [0.05, 0.1) is 34.8 Å². The molecular formula is C16H12F3NO3. The van der Waals surface area contributed by atoms with Gasteiger partial charge in [0.2, 0.25) is 11.8 Å². The van der Waals surface area contributed by atoms with E-state index in [0.29, 0.717) is 0 Å². The van der Waals surface area contributed by atoms with Gasteiger partial charge in [0.1, 0.15) is 0 Å². The van der Waals surface area contributed by atoms with E-state index in [9.17, 15) is 22.8 Å². The number of anilines is 1. The SMILES string of the molecule is C[C@]12C=C[C@@H](O1)[C@H]1C(=O)N(c3cccc(C(F)(F)F)c3)C(=O)[C@@H]12. The predicted molar refractivity (Wildman–Crippen MR) is 73.3 cm³/mol. The van der Waals surface area contributed by atoms with E-state index < -0.39 is 47.1 Å². The van der Waals surface area contributed by atoms with Gasteiger partial charge in [-0.25, -0.2) is 4.90 Å². The van der Waals surface area contributed by atoms with Crippen molar-refractivity contribution in [1.82, 2.24) is 0 Å². The van der Waals surface area contributed by atoms with Gasteiger partial charge >= 0.3 is 6.18 Å². The molecule has 0 unspecified atom stereocenters. The fourth-order valence-corrected chi connectivity index (χ4v) is 3.73. The minimum Gasteiger partial charge on any atom is -0.362 e. The molecule has 23 heavy (non-hydrogen) atoms. The van der Waals surface area contributed by atoms with Crippen molar-refractivity contribution in [3.05, 3.63) is 42.0 Å². The van der Waals surface area contributed by atoms with E-state index in [1.54, 1.807) is 19.1 Å². The smallest absolute Gasteiger partial charge is 0.362 e. The molecule has 1 aromatic carbocycles. The minimum absolute atomic E-state index is 0.0489. The summed E-state index contributed by atoms with van der Waals surface area (Å²) in [6, 6.07) is 4.27. The second-order valence-electron chi connectivity index (χ2n) is 6.19. The summed E-state index contributed by atoms with van der Waals surface area (Å²) in [6.07, 6.45) is -1.54. The Morgan fingerprint density at radius 2 is 1.96 bits per heavy atom. The first kappa shape index (κ1) is 14.4. The maximum Gasteiger partial charge on any atom is 0.416 e. The number of fused-ring (bicyclic) bond motifs is 5. The second kappa shape index (κ2) is 4.23. The van der Waals surface area contributed by atoms with E-state index in [1.165, 1.54) is 12.1 Å². The van der Waals surface area contributed by atoms with Crippen LogP contribution in [0.3, 0.4) is 0 Å². The van der Waals surface area contributed by atoms with Crippen LogP contribution in [0.2, 0.25) is 0 Å². The van der Waals surface area contributed by atoms with Gasteiger partial charge in [0.25, 0.3) is 0 Å². The van der Waals surface area contributed by atoms with Crippen LogP contribution in [0.4, 0.5) is 18.9 Å². The highest BCUT2D eigenvalue weighted by Crippen LogP contribution is 2.52. The first-order valence-corrected chi connectivity index (χ1v) is 7.15. The van der Waals surface area contributed by atoms with Crippen molar-refractivity contribution < 1.29 is 27.5 Å². The Morgan fingerprint density at radius 3 is 2.61 bits per heavy atom. The number of imide groups is 1. The third-order valence-corrected chi connectivity index (χ3v) is 4.76. The maximum atomic E-state index is 12.9. The topological polar surface area (TPSA) is 46.6 Å². The zero-order valence-corrected chi connectivity index (χ0v) is 12.0. The molecule has 2 bridgehead atoms. The van der Waals surface area contributed by atoms with E-state index in [1.807, 2.05) is 0 Å². The third kappa shape index (κ3) is 1.83. The van der Waals surface area contributed by atoms with E-state index in [2.05, 4.69) is 0 Å². The molecule has 0 spiro atoms. The van der Waals surface area contributed by atoms with E-state index >= 15 is 0 Å². The van der Waals surface area contributed by atoms with Gasteiger partial charge in [-0.2, -0.15) is 13.2 Å². The summed E-state index contributed by atoms with van der Waals surface area (Å²) in [6.45, 7) is 1.72. The van der Waals surface area contributed by atoms with Crippen LogP contribution in [-0.2, 0) is 20.5 Å². The molecule has 120 valence electrons. The van der Waals surface area contributed by atoms with Crippen molar-refractivity contribution in [3.8, 4) is 0 Å². The average Bonchev–Trinajstić information content (AvgIpc) is 3.07. The number of nitrogens with zero attached hydrogens (tertiary/aromatic N) is 1. The lowest BCUT2D eigenvalue weighted by atomic mass is 9.78. The molecule has 0 aliphatic carbocycles. The number of benzene rings is 1. The van der Waals surface area contributed by atoms with Gasteiger partial charge in [0.15, 0.2) is 0 Å². The lowest BCUT2D eigenvalue weighted by Gasteiger charge is -2.24. The van der Waals surface area contributed by atoms with Gasteiger partial charge in [-0.1, -0.05) is 18.2 Å². The Morgan fingerprint density at radius 1 is 1.22 bits per heavy atom. The molecule has 2 fully saturated rings. The number of hydrogen-bond donors (Lipinski definition) is 0. The van der Waals surface area contributed by atoms with Crippen LogP contribution in [0, 0.1) is 11.8 Å². The molecule has 3 heterocycles. The molecule has 7 heteroatoms. The number of hydrogen-bond acceptors (Lipinski definition) is 3. The average molecular weight is 323 g/mol. The molecule has 3 aliphatic rings. The quantitative estimate of drug-likeness (QED) is 0.589. The molecule has 4 rings (SSSR count). The van der Waals surface area contributed by atoms with Crippen LogP contribution in [0.1, 0.15) is 12.5 Å². The standard InChI is InChI=1S/C16H12F3NO3/c1-15-6-5-10(23-15)11-12(15)14(22)20(13(11)21)9-4-2-3-8(7-9)16(17,18)19/h2-7,10-12H,1H3/t10-,11-,12-,15-/m1/s1. The Balaban J connectivity index is 1.75. The Hall–Kier alpha value is -2.15. The van der Waals surface area contributed by atoms with Crippen molar-refractivity contribution in [2.24, 2.45) is 11.8 Å². The molecule has 3 aliphatic heterocycles. The molecule has 0 N–H and O–H groups in total. The predicted octanol–water partition coefficient (Wildman–Crippen LogP) is 2.54. The number of rotatable bonds is 1. The van der Waals surface area contributed by atoms with Crippen LogP contribution in [-0.4, -0.2) is 23.5 Å². The summed E-state index contributed by atoms with van der Waals surface area (Å²) in [5.74, 6) is -2.35. The molecule has 0 aromatic heterocycles. The summed E-state index contributed by atoms with van der Waals surface area (Å²) in [4.78, 5) is 26.1. The number of carbonyl (C=O) groups excluding carboxylic acids is 2. The summed E-state index contributed by atoms with van der Waals surface area (Å²) in [7, 11) is 0. The fraction of sp³-hybridized carbons (Fsp3) is 0.375. The lowest BCUT2D eigenvalue weighted by Crippen LogP contribution is -2.38. The van der Waals surface area contributed by atoms with E-state index in [0.717, 1.165) is 17.0 Å². The fourth-order valence-electron chi connectivity index (χ4n) is 3.73. The maximum absolute atomic E-state index is 12.9. The largest absolute Gasteiger partial charge is 0.416 e. The lowest BCUT2D eigenvalue weighted by molar-refractivity contribution is -0.137. The highest BCUT2D eigenvalue weighted by Gasteiger charge is 2.66. The highest BCUT2D eigenvalue weighted by molar-refractivity contribution is 6.23. The molecule has 4 nitrogen and oxygen atoms in total. The van der Waals surface area contributed by atoms with Gasteiger partial charge in [-0.15, -0.1) is 0 Å². The number of amides is 2. The van der Waals surface area contributed by atoms with Crippen molar-refractivity contribution in [2.45, 2.75) is 24.8 Å². The second-order valence-corrected chi connectivity index (χ2v) is 6.19. The molecule has 2 amide bonds. The minimum atomic E-state index is -4.53. The van der Waals surface area contributed by atoms with Crippen LogP contribution in [0.25, 0.3) is 0 Å². The van der Waals surface area contributed by atoms with Crippen molar-refractivity contribution in [2.75, 3.05) is 4.90 Å². The van der Waals surface area contributed by atoms with Gasteiger partial charge in [0, 0.05) is 0 Å². The highest BCUT2D eigenvalue weighted by atomic mass is 19.4. The monoisotopic (exact) mass is 323 g/mol. The summed E-state index contributed by atoms with van der Waals surface area (Å²) < 4.78 is 44.2. The summed E-state index contributed by atoms with van der Waals surface area (Å²) in [5, 5.41) is 0.